The zero-order chi connectivity index (χ0) is 21.5. The van der Waals surface area contributed by atoms with Crippen LogP contribution in [0.3, 0.4) is 0 Å². The van der Waals surface area contributed by atoms with Gasteiger partial charge in [0.05, 0.1) is 42.3 Å². The molecule has 152 valence electrons. The normalized spacial score (nSPS) is 11.6. The molecule has 3 nitrogen and oxygen atoms in total. The van der Waals surface area contributed by atoms with Crippen molar-refractivity contribution in [3.05, 3.63) is 81.1 Å². The van der Waals surface area contributed by atoms with E-state index in [9.17, 15) is 18.0 Å². The second-order valence-electron chi connectivity index (χ2n) is 6.32. The van der Waals surface area contributed by atoms with Crippen LogP contribution in [0, 0.1) is 0 Å². The summed E-state index contributed by atoms with van der Waals surface area (Å²) in [6.45, 7) is 0. The molecule has 4 aromatic rings. The monoisotopic (exact) mass is 466 g/mol. The Balaban J connectivity index is 1.78. The van der Waals surface area contributed by atoms with E-state index in [2.05, 4.69) is 10.3 Å². The van der Waals surface area contributed by atoms with Gasteiger partial charge in [0.15, 0.2) is 0 Å². The second kappa shape index (κ2) is 7.91. The lowest BCUT2D eigenvalue weighted by atomic mass is 10.1. The standard InChI is InChI=1S/C21H11Cl2F3N2OS/c22-14-6-5-11(21(24,25)26)9-16(14)28-20(29)13-10-17(18-7-8-19(23)30-18)27-15-4-2-1-3-12(13)15/h1-10H,(H,28,29). The molecule has 2 aromatic carbocycles. The van der Waals surface area contributed by atoms with E-state index in [0.29, 0.717) is 20.9 Å². The molecule has 0 radical (unpaired) electrons. The van der Waals surface area contributed by atoms with Crippen LogP contribution in [0.25, 0.3) is 21.5 Å². The first-order valence-electron chi connectivity index (χ1n) is 8.56. The van der Waals surface area contributed by atoms with Gasteiger partial charge in [-0.15, -0.1) is 11.3 Å². The van der Waals surface area contributed by atoms with Crippen LogP contribution in [-0.2, 0) is 6.18 Å². The third kappa shape index (κ3) is 4.14. The van der Waals surface area contributed by atoms with Gasteiger partial charge in [0.1, 0.15) is 0 Å². The van der Waals surface area contributed by atoms with E-state index in [1.807, 2.05) is 0 Å². The number of thiophene rings is 1. The minimum Gasteiger partial charge on any atom is -0.321 e. The lowest BCUT2D eigenvalue weighted by Crippen LogP contribution is -2.14. The number of carbonyl (C=O) groups excluding carboxylic acids is 1. The van der Waals surface area contributed by atoms with Crippen molar-refractivity contribution < 1.29 is 18.0 Å². The number of benzene rings is 2. The molecule has 0 aliphatic heterocycles. The highest BCUT2D eigenvalue weighted by Gasteiger charge is 2.31. The van der Waals surface area contributed by atoms with Crippen LogP contribution in [0.2, 0.25) is 9.36 Å². The number of para-hydroxylation sites is 1. The minimum atomic E-state index is -4.56. The lowest BCUT2D eigenvalue weighted by Gasteiger charge is -2.13. The van der Waals surface area contributed by atoms with E-state index in [4.69, 9.17) is 23.2 Å². The third-order valence-electron chi connectivity index (χ3n) is 4.33. The van der Waals surface area contributed by atoms with Crippen molar-refractivity contribution in [2.75, 3.05) is 5.32 Å². The van der Waals surface area contributed by atoms with Gasteiger partial charge >= 0.3 is 6.18 Å². The summed E-state index contributed by atoms with van der Waals surface area (Å²) in [5.74, 6) is -0.598. The summed E-state index contributed by atoms with van der Waals surface area (Å²) >= 11 is 13.3. The number of anilines is 1. The minimum absolute atomic E-state index is 0.0000243. The molecule has 0 aliphatic rings. The number of carbonyl (C=O) groups is 1. The Hall–Kier alpha value is -2.61. The van der Waals surface area contributed by atoms with E-state index in [0.717, 1.165) is 23.1 Å². The average molecular weight is 467 g/mol. The van der Waals surface area contributed by atoms with Crippen LogP contribution in [0.4, 0.5) is 18.9 Å². The van der Waals surface area contributed by atoms with Crippen LogP contribution < -0.4 is 5.32 Å². The smallest absolute Gasteiger partial charge is 0.321 e. The molecule has 30 heavy (non-hydrogen) atoms. The third-order valence-corrected chi connectivity index (χ3v) is 5.91. The van der Waals surface area contributed by atoms with Crippen molar-refractivity contribution in [3.63, 3.8) is 0 Å². The fourth-order valence-electron chi connectivity index (χ4n) is 2.93. The summed E-state index contributed by atoms with van der Waals surface area (Å²) in [5.41, 5.74) is 0.327. The van der Waals surface area contributed by atoms with Crippen LogP contribution in [0.5, 0.6) is 0 Å². The largest absolute Gasteiger partial charge is 0.416 e. The molecular weight excluding hydrogens is 456 g/mol. The molecule has 0 spiro atoms. The predicted molar refractivity (Wildman–Crippen MR) is 114 cm³/mol. The van der Waals surface area contributed by atoms with Crippen LogP contribution in [0.15, 0.2) is 60.7 Å². The Kier molecular flexibility index (Phi) is 5.44. The van der Waals surface area contributed by atoms with Gasteiger partial charge in [-0.25, -0.2) is 4.98 Å². The lowest BCUT2D eigenvalue weighted by molar-refractivity contribution is -0.137. The molecule has 2 heterocycles. The molecule has 2 aromatic heterocycles. The number of amides is 1. The van der Waals surface area contributed by atoms with Crippen molar-refractivity contribution in [1.82, 2.24) is 4.98 Å². The Morgan fingerprint density at radius 3 is 2.47 bits per heavy atom. The summed E-state index contributed by atoms with van der Waals surface area (Å²) in [4.78, 5) is 18.4. The van der Waals surface area contributed by atoms with Crippen LogP contribution >= 0.6 is 34.5 Å². The van der Waals surface area contributed by atoms with Gasteiger partial charge in [-0.3, -0.25) is 4.79 Å². The van der Waals surface area contributed by atoms with E-state index >= 15 is 0 Å². The maximum Gasteiger partial charge on any atom is 0.416 e. The van der Waals surface area contributed by atoms with Gasteiger partial charge < -0.3 is 5.32 Å². The maximum absolute atomic E-state index is 13.0. The first-order chi connectivity index (χ1) is 14.2. The van der Waals surface area contributed by atoms with Crippen LogP contribution in [0.1, 0.15) is 15.9 Å². The molecule has 0 fully saturated rings. The topological polar surface area (TPSA) is 42.0 Å². The Morgan fingerprint density at radius 1 is 1.00 bits per heavy atom. The second-order valence-corrected chi connectivity index (χ2v) is 8.44. The van der Waals surface area contributed by atoms with Gasteiger partial charge in [-0.05, 0) is 42.5 Å². The molecule has 0 unspecified atom stereocenters. The molecule has 0 bridgehead atoms. The molecule has 0 atom stereocenters. The van der Waals surface area contributed by atoms with E-state index in [1.165, 1.54) is 11.3 Å². The number of fused-ring (bicyclic) bond motifs is 1. The number of pyridine rings is 1. The van der Waals surface area contributed by atoms with Crippen molar-refractivity contribution in [3.8, 4) is 10.6 Å². The number of hydrogen-bond donors (Lipinski definition) is 1. The highest BCUT2D eigenvalue weighted by atomic mass is 35.5. The highest BCUT2D eigenvalue weighted by Crippen LogP contribution is 2.35. The summed E-state index contributed by atoms with van der Waals surface area (Å²) in [6.07, 6.45) is -4.56. The number of alkyl halides is 3. The van der Waals surface area contributed by atoms with Gasteiger partial charge in [-0.1, -0.05) is 41.4 Å². The van der Waals surface area contributed by atoms with Crippen molar-refractivity contribution in [1.29, 1.82) is 0 Å². The van der Waals surface area contributed by atoms with Gasteiger partial charge in [0.25, 0.3) is 5.91 Å². The summed E-state index contributed by atoms with van der Waals surface area (Å²) in [5, 5.41) is 3.05. The Labute approximate surface area is 183 Å². The maximum atomic E-state index is 13.0. The molecule has 0 aliphatic carbocycles. The van der Waals surface area contributed by atoms with Gasteiger partial charge in [-0.2, -0.15) is 13.2 Å². The SMILES string of the molecule is O=C(Nc1cc(C(F)(F)F)ccc1Cl)c1cc(-c2ccc(Cl)s2)nc2ccccc12. The zero-order valence-electron chi connectivity index (χ0n) is 14.9. The van der Waals surface area contributed by atoms with Crippen molar-refractivity contribution >= 4 is 57.0 Å². The summed E-state index contributed by atoms with van der Waals surface area (Å²) in [6, 6.07) is 14.9. The number of hydrogen-bond acceptors (Lipinski definition) is 3. The van der Waals surface area contributed by atoms with E-state index < -0.39 is 17.6 Å². The fourth-order valence-corrected chi connectivity index (χ4v) is 4.10. The molecule has 4 rings (SSSR count). The molecular formula is C21H11Cl2F3N2OS. The van der Waals surface area contributed by atoms with Crippen LogP contribution in [-0.4, -0.2) is 10.9 Å². The average Bonchev–Trinajstić information content (AvgIpc) is 3.14. The quantitative estimate of drug-likeness (QED) is 0.338. The Bertz CT molecular complexity index is 1270. The zero-order valence-corrected chi connectivity index (χ0v) is 17.3. The first-order valence-corrected chi connectivity index (χ1v) is 10.1. The number of halogens is 5. The molecule has 1 N–H and O–H groups in total. The molecule has 0 saturated carbocycles. The summed E-state index contributed by atoms with van der Waals surface area (Å²) in [7, 11) is 0. The Morgan fingerprint density at radius 2 is 1.77 bits per heavy atom. The predicted octanol–water partition coefficient (Wildman–Crippen LogP) is 7.54. The molecule has 0 saturated heterocycles. The molecule has 9 heteroatoms. The van der Waals surface area contributed by atoms with Gasteiger partial charge in [0.2, 0.25) is 0 Å². The van der Waals surface area contributed by atoms with Crippen molar-refractivity contribution in [2.45, 2.75) is 6.18 Å². The number of rotatable bonds is 3. The van der Waals surface area contributed by atoms with Gasteiger partial charge in [0, 0.05) is 5.39 Å². The van der Waals surface area contributed by atoms with Crippen molar-refractivity contribution in [2.24, 2.45) is 0 Å². The highest BCUT2D eigenvalue weighted by molar-refractivity contribution is 7.19. The number of nitrogens with zero attached hydrogens (tertiary/aromatic N) is 1. The number of aromatic nitrogens is 1. The number of nitrogens with one attached hydrogen (secondary N) is 1. The first kappa shape index (κ1) is 20.7. The van der Waals surface area contributed by atoms with E-state index in [1.54, 1.807) is 42.5 Å². The molecule has 1 amide bonds. The summed E-state index contributed by atoms with van der Waals surface area (Å²) < 4.78 is 39.7. The van der Waals surface area contributed by atoms with E-state index in [-0.39, 0.29) is 16.3 Å². The fraction of sp³-hybridized carbons (Fsp3) is 0.0476.